The van der Waals surface area contributed by atoms with E-state index in [0.29, 0.717) is 5.82 Å². The smallest absolute Gasteiger partial charge is 0.197 e. The van der Waals surface area contributed by atoms with Gasteiger partial charge in [0, 0.05) is 6.54 Å². The Morgan fingerprint density at radius 3 is 3.06 bits per heavy atom. The highest BCUT2D eigenvalue weighted by molar-refractivity contribution is 7.99. The van der Waals surface area contributed by atoms with Crippen LogP contribution in [0.1, 0.15) is 20.3 Å². The molecular formula is C11H19N3OS2. The van der Waals surface area contributed by atoms with Gasteiger partial charge in [-0.1, -0.05) is 0 Å². The van der Waals surface area contributed by atoms with Gasteiger partial charge in [-0.25, -0.2) is 0 Å². The first-order valence-corrected chi connectivity index (χ1v) is 7.83. The Labute approximate surface area is 110 Å². The van der Waals surface area contributed by atoms with Crippen molar-refractivity contribution in [3.63, 3.8) is 0 Å². The Morgan fingerprint density at radius 2 is 2.41 bits per heavy atom. The number of nitrogens with one attached hydrogen (secondary N) is 1. The zero-order valence-electron chi connectivity index (χ0n) is 10.2. The van der Waals surface area contributed by atoms with Crippen molar-refractivity contribution in [1.29, 1.82) is 0 Å². The molecule has 0 aromatic carbocycles. The van der Waals surface area contributed by atoms with Crippen molar-refractivity contribution in [2.75, 3.05) is 29.1 Å². The van der Waals surface area contributed by atoms with Gasteiger partial charge in [-0.2, -0.15) is 16.1 Å². The number of anilines is 2. The third-order valence-corrected chi connectivity index (χ3v) is 4.63. The maximum atomic E-state index is 5.80. The predicted octanol–water partition coefficient (Wildman–Crippen LogP) is 2.68. The molecule has 0 radical (unpaired) electrons. The Bertz CT molecular complexity index is 362. The van der Waals surface area contributed by atoms with Crippen LogP contribution in [-0.2, 0) is 0 Å². The Morgan fingerprint density at radius 1 is 1.59 bits per heavy atom. The zero-order valence-corrected chi connectivity index (χ0v) is 11.9. The fourth-order valence-corrected chi connectivity index (χ4v) is 3.68. The summed E-state index contributed by atoms with van der Waals surface area (Å²) in [5, 5.41) is 4.38. The van der Waals surface area contributed by atoms with Crippen molar-refractivity contribution in [2.45, 2.75) is 26.4 Å². The summed E-state index contributed by atoms with van der Waals surface area (Å²) in [5.74, 6) is 4.51. The molecule has 1 saturated heterocycles. The summed E-state index contributed by atoms with van der Waals surface area (Å²) in [4.78, 5) is 0. The number of thioether (sulfide) groups is 1. The topological polar surface area (TPSA) is 60.2 Å². The summed E-state index contributed by atoms with van der Waals surface area (Å²) in [5.41, 5.74) is 5.80. The van der Waals surface area contributed by atoms with E-state index >= 15 is 0 Å². The molecular weight excluding hydrogens is 254 g/mol. The van der Waals surface area contributed by atoms with Crippen molar-refractivity contribution in [3.8, 4) is 5.75 Å². The number of aromatic nitrogens is 1. The average Bonchev–Trinajstić information content (AvgIpc) is 2.88. The summed E-state index contributed by atoms with van der Waals surface area (Å²) >= 11 is 3.41. The number of ether oxygens (including phenoxy) is 1. The molecule has 6 heteroatoms. The van der Waals surface area contributed by atoms with Gasteiger partial charge in [0.05, 0.1) is 6.10 Å². The first-order valence-electron chi connectivity index (χ1n) is 5.90. The lowest BCUT2D eigenvalue weighted by molar-refractivity contribution is 0.245. The van der Waals surface area contributed by atoms with Crippen molar-refractivity contribution in [1.82, 2.24) is 4.37 Å². The average molecular weight is 273 g/mol. The highest BCUT2D eigenvalue weighted by atomic mass is 32.2. The lowest BCUT2D eigenvalue weighted by Gasteiger charge is -2.13. The molecule has 0 aliphatic carbocycles. The van der Waals surface area contributed by atoms with Crippen molar-refractivity contribution < 1.29 is 4.74 Å². The van der Waals surface area contributed by atoms with Crippen LogP contribution in [-0.4, -0.2) is 28.5 Å². The number of hydrogen-bond donors (Lipinski definition) is 2. The molecule has 1 aromatic heterocycles. The van der Waals surface area contributed by atoms with E-state index in [1.807, 2.05) is 25.6 Å². The first kappa shape index (κ1) is 12.8. The summed E-state index contributed by atoms with van der Waals surface area (Å²) in [6.07, 6.45) is 1.42. The molecule has 0 bridgehead atoms. The summed E-state index contributed by atoms with van der Waals surface area (Å²) in [7, 11) is 0. The fraction of sp³-hybridized carbons (Fsp3) is 0.727. The normalized spacial score (nSPS) is 19.8. The second kappa shape index (κ2) is 5.82. The minimum Gasteiger partial charge on any atom is -0.484 e. The summed E-state index contributed by atoms with van der Waals surface area (Å²) in [6, 6.07) is 0. The van der Waals surface area contributed by atoms with Crippen LogP contribution in [0.5, 0.6) is 5.75 Å². The van der Waals surface area contributed by atoms with Crippen LogP contribution in [0.4, 0.5) is 10.8 Å². The zero-order chi connectivity index (χ0) is 12.3. The van der Waals surface area contributed by atoms with Gasteiger partial charge in [-0.05, 0) is 49.2 Å². The molecule has 3 N–H and O–H groups in total. The van der Waals surface area contributed by atoms with Crippen LogP contribution in [0.25, 0.3) is 0 Å². The molecule has 4 nitrogen and oxygen atoms in total. The molecule has 1 aliphatic rings. The van der Waals surface area contributed by atoms with Gasteiger partial charge in [0.2, 0.25) is 0 Å². The summed E-state index contributed by atoms with van der Waals surface area (Å²) < 4.78 is 9.83. The van der Waals surface area contributed by atoms with E-state index in [9.17, 15) is 0 Å². The minimum absolute atomic E-state index is 0.122. The molecule has 2 heterocycles. The van der Waals surface area contributed by atoms with Crippen molar-refractivity contribution >= 4 is 34.1 Å². The van der Waals surface area contributed by atoms with Crippen LogP contribution >= 0.6 is 23.3 Å². The highest BCUT2D eigenvalue weighted by Crippen LogP contribution is 2.36. The second-order valence-corrected chi connectivity index (χ2v) is 6.43. The molecule has 0 saturated carbocycles. The molecule has 1 atom stereocenters. The molecule has 1 fully saturated rings. The summed E-state index contributed by atoms with van der Waals surface area (Å²) in [6.45, 7) is 4.98. The van der Waals surface area contributed by atoms with Gasteiger partial charge in [-0.3, -0.25) is 0 Å². The number of nitrogen functional groups attached to an aromatic ring is 1. The number of nitrogens with two attached hydrogens (primary N) is 1. The van der Waals surface area contributed by atoms with E-state index in [1.54, 1.807) is 0 Å². The Balaban J connectivity index is 1.94. The molecule has 2 rings (SSSR count). The van der Waals surface area contributed by atoms with E-state index < -0.39 is 0 Å². The molecule has 0 spiro atoms. The third-order valence-electron chi connectivity index (χ3n) is 2.60. The van der Waals surface area contributed by atoms with Crippen LogP contribution in [0.3, 0.4) is 0 Å². The van der Waals surface area contributed by atoms with Crippen LogP contribution in [0, 0.1) is 5.92 Å². The van der Waals surface area contributed by atoms with Gasteiger partial charge in [0.15, 0.2) is 16.6 Å². The Hall–Kier alpha value is -0.620. The van der Waals surface area contributed by atoms with E-state index in [-0.39, 0.29) is 6.10 Å². The van der Waals surface area contributed by atoms with E-state index in [2.05, 4.69) is 9.69 Å². The van der Waals surface area contributed by atoms with E-state index in [4.69, 9.17) is 10.5 Å². The highest BCUT2D eigenvalue weighted by Gasteiger charge is 2.18. The second-order valence-electron chi connectivity index (χ2n) is 4.50. The number of hydrogen-bond acceptors (Lipinski definition) is 6. The quantitative estimate of drug-likeness (QED) is 0.863. The SMILES string of the molecule is CC(C)Oc1c(N)nsc1NCC1CCSC1. The molecule has 96 valence electrons. The largest absolute Gasteiger partial charge is 0.484 e. The van der Waals surface area contributed by atoms with Gasteiger partial charge < -0.3 is 15.8 Å². The van der Waals surface area contributed by atoms with E-state index in [0.717, 1.165) is 23.2 Å². The Kier molecular flexibility index (Phi) is 4.39. The lowest BCUT2D eigenvalue weighted by atomic mass is 10.1. The minimum atomic E-state index is 0.122. The number of nitrogens with zero attached hydrogens (tertiary/aromatic N) is 1. The lowest BCUT2D eigenvalue weighted by Crippen LogP contribution is -2.14. The van der Waals surface area contributed by atoms with Crippen LogP contribution in [0.15, 0.2) is 0 Å². The fourth-order valence-electron chi connectivity index (χ4n) is 1.74. The molecule has 1 aromatic rings. The standard InChI is InChI=1S/C11H19N3OS2/c1-7(2)15-9-10(12)14-17-11(9)13-5-8-3-4-16-6-8/h7-8,13H,3-6H2,1-2H3,(H2,12,14). The van der Waals surface area contributed by atoms with Gasteiger partial charge in [-0.15, -0.1) is 0 Å². The molecule has 1 aliphatic heterocycles. The molecule has 0 amide bonds. The van der Waals surface area contributed by atoms with Crippen LogP contribution < -0.4 is 15.8 Å². The predicted molar refractivity (Wildman–Crippen MR) is 76.2 cm³/mol. The maximum absolute atomic E-state index is 5.80. The maximum Gasteiger partial charge on any atom is 0.197 e. The van der Waals surface area contributed by atoms with Gasteiger partial charge >= 0.3 is 0 Å². The number of rotatable bonds is 5. The van der Waals surface area contributed by atoms with Crippen molar-refractivity contribution in [2.24, 2.45) is 5.92 Å². The monoisotopic (exact) mass is 273 g/mol. The molecule has 1 unspecified atom stereocenters. The third kappa shape index (κ3) is 3.42. The van der Waals surface area contributed by atoms with Gasteiger partial charge in [0.1, 0.15) is 0 Å². The van der Waals surface area contributed by atoms with Gasteiger partial charge in [0.25, 0.3) is 0 Å². The molecule has 17 heavy (non-hydrogen) atoms. The van der Waals surface area contributed by atoms with Crippen LogP contribution in [0.2, 0.25) is 0 Å². The van der Waals surface area contributed by atoms with E-state index in [1.165, 1.54) is 29.5 Å². The van der Waals surface area contributed by atoms with Crippen molar-refractivity contribution in [3.05, 3.63) is 0 Å². The first-order chi connectivity index (χ1) is 8.16.